The van der Waals surface area contributed by atoms with E-state index in [2.05, 4.69) is 18.7 Å². The molecule has 5 nitrogen and oxygen atoms in total. The summed E-state index contributed by atoms with van der Waals surface area (Å²) in [6, 6.07) is 3.94. The number of benzene rings is 1. The molecule has 0 amide bonds. The van der Waals surface area contributed by atoms with Crippen LogP contribution in [-0.4, -0.2) is 50.3 Å². The van der Waals surface area contributed by atoms with Crippen LogP contribution in [0.1, 0.15) is 13.8 Å². The van der Waals surface area contributed by atoms with Crippen LogP contribution in [0.4, 0.5) is 10.1 Å². The zero-order valence-electron chi connectivity index (χ0n) is 12.4. The first-order valence-electron chi connectivity index (χ1n) is 7.09. The highest BCUT2D eigenvalue weighted by Gasteiger charge is 2.32. The molecule has 118 valence electrons. The highest BCUT2D eigenvalue weighted by molar-refractivity contribution is 7.89. The minimum absolute atomic E-state index is 0.0420. The highest BCUT2D eigenvalue weighted by Crippen LogP contribution is 2.26. The van der Waals surface area contributed by atoms with Gasteiger partial charge in [0.1, 0.15) is 10.7 Å². The predicted octanol–water partition coefficient (Wildman–Crippen LogP) is 1.37. The second-order valence-corrected chi connectivity index (χ2v) is 7.63. The van der Waals surface area contributed by atoms with Crippen molar-refractivity contribution >= 4 is 15.7 Å². The Bertz CT molecular complexity index is 576. The van der Waals surface area contributed by atoms with E-state index >= 15 is 0 Å². The van der Waals surface area contributed by atoms with Crippen LogP contribution in [0.15, 0.2) is 23.1 Å². The van der Waals surface area contributed by atoms with Gasteiger partial charge in [-0.2, -0.15) is 4.31 Å². The van der Waals surface area contributed by atoms with Crippen LogP contribution >= 0.6 is 0 Å². The van der Waals surface area contributed by atoms with Gasteiger partial charge in [0.05, 0.1) is 5.69 Å². The van der Waals surface area contributed by atoms with Gasteiger partial charge in [0.15, 0.2) is 0 Å². The second kappa shape index (κ2) is 6.29. The lowest BCUT2D eigenvalue weighted by molar-refractivity contribution is 0.172. The van der Waals surface area contributed by atoms with E-state index in [4.69, 9.17) is 5.73 Å². The summed E-state index contributed by atoms with van der Waals surface area (Å²) in [5.74, 6) is -0.255. The number of halogens is 1. The summed E-state index contributed by atoms with van der Waals surface area (Å²) in [6.07, 6.45) is 0. The third-order valence-electron chi connectivity index (χ3n) is 3.55. The number of anilines is 1. The van der Waals surface area contributed by atoms with Crippen LogP contribution < -0.4 is 5.73 Å². The van der Waals surface area contributed by atoms with Gasteiger partial charge in [-0.1, -0.05) is 19.9 Å². The number of nitrogens with zero attached hydrogens (tertiary/aromatic N) is 2. The predicted molar refractivity (Wildman–Crippen MR) is 80.8 cm³/mol. The van der Waals surface area contributed by atoms with Gasteiger partial charge in [-0.05, 0) is 18.1 Å². The fourth-order valence-electron chi connectivity index (χ4n) is 2.60. The topological polar surface area (TPSA) is 66.6 Å². The van der Waals surface area contributed by atoms with E-state index in [1.165, 1.54) is 16.4 Å². The Morgan fingerprint density at radius 1 is 1.24 bits per heavy atom. The third kappa shape index (κ3) is 3.53. The fraction of sp³-hybridized carbons (Fsp3) is 0.571. The molecule has 1 aliphatic rings. The Hall–Kier alpha value is -1.18. The second-order valence-electron chi connectivity index (χ2n) is 5.76. The minimum atomic E-state index is -3.87. The molecule has 1 heterocycles. The van der Waals surface area contributed by atoms with Crippen LogP contribution in [0.25, 0.3) is 0 Å². The summed E-state index contributed by atoms with van der Waals surface area (Å²) < 4.78 is 40.3. The first kappa shape index (κ1) is 16.2. The van der Waals surface area contributed by atoms with Crippen LogP contribution in [0.2, 0.25) is 0 Å². The van der Waals surface area contributed by atoms with Crippen molar-refractivity contribution in [3.8, 4) is 0 Å². The molecular formula is C14H22FN3O2S. The Balaban J connectivity index is 2.16. The van der Waals surface area contributed by atoms with Crippen molar-refractivity contribution < 1.29 is 12.8 Å². The van der Waals surface area contributed by atoms with Gasteiger partial charge in [0, 0.05) is 32.7 Å². The molecule has 0 aromatic heterocycles. The van der Waals surface area contributed by atoms with Gasteiger partial charge in [-0.3, -0.25) is 0 Å². The van der Waals surface area contributed by atoms with Gasteiger partial charge in [-0.25, -0.2) is 12.8 Å². The van der Waals surface area contributed by atoms with Crippen molar-refractivity contribution in [3.05, 3.63) is 24.0 Å². The average Bonchev–Trinajstić information content (AvgIpc) is 2.38. The number of hydrogen-bond acceptors (Lipinski definition) is 4. The summed E-state index contributed by atoms with van der Waals surface area (Å²) in [5, 5.41) is 0. The summed E-state index contributed by atoms with van der Waals surface area (Å²) >= 11 is 0. The van der Waals surface area contributed by atoms with E-state index in [1.807, 2.05) is 0 Å². The summed E-state index contributed by atoms with van der Waals surface area (Å²) in [4.78, 5) is 1.82. The molecule has 1 saturated heterocycles. The summed E-state index contributed by atoms with van der Waals surface area (Å²) in [6.45, 7) is 7.24. The van der Waals surface area contributed by atoms with Gasteiger partial charge in [0.2, 0.25) is 10.0 Å². The molecule has 0 spiro atoms. The lowest BCUT2D eigenvalue weighted by Crippen LogP contribution is -2.49. The van der Waals surface area contributed by atoms with E-state index in [0.717, 1.165) is 12.6 Å². The molecule has 1 aromatic carbocycles. The molecule has 21 heavy (non-hydrogen) atoms. The largest absolute Gasteiger partial charge is 0.398 e. The fourth-order valence-corrected chi connectivity index (χ4v) is 4.18. The Morgan fingerprint density at radius 2 is 1.86 bits per heavy atom. The molecule has 0 aliphatic carbocycles. The molecule has 1 aliphatic heterocycles. The van der Waals surface area contributed by atoms with Crippen molar-refractivity contribution in [2.75, 3.05) is 38.5 Å². The maximum Gasteiger partial charge on any atom is 0.248 e. The van der Waals surface area contributed by atoms with Gasteiger partial charge < -0.3 is 10.6 Å². The van der Waals surface area contributed by atoms with E-state index in [0.29, 0.717) is 32.1 Å². The first-order chi connectivity index (χ1) is 9.82. The number of piperazine rings is 1. The standard InChI is InChI=1S/C14H22FN3O2S/c1-11(2)10-17-6-8-18(9-7-17)21(19,20)14-12(15)4-3-5-13(14)16/h3-5,11H,6-10,16H2,1-2H3. The average molecular weight is 315 g/mol. The molecule has 0 radical (unpaired) electrons. The normalized spacial score (nSPS) is 18.3. The molecule has 0 atom stereocenters. The lowest BCUT2D eigenvalue weighted by Gasteiger charge is -2.34. The van der Waals surface area contributed by atoms with Gasteiger partial charge in [-0.15, -0.1) is 0 Å². The molecule has 2 N–H and O–H groups in total. The van der Waals surface area contributed by atoms with Crippen molar-refractivity contribution in [3.63, 3.8) is 0 Å². The van der Waals surface area contributed by atoms with Gasteiger partial charge in [0.25, 0.3) is 0 Å². The van der Waals surface area contributed by atoms with E-state index in [-0.39, 0.29) is 5.69 Å². The quantitative estimate of drug-likeness (QED) is 0.852. The number of nitrogens with two attached hydrogens (primary N) is 1. The van der Waals surface area contributed by atoms with E-state index < -0.39 is 20.7 Å². The van der Waals surface area contributed by atoms with Crippen molar-refractivity contribution in [1.29, 1.82) is 0 Å². The van der Waals surface area contributed by atoms with E-state index in [1.54, 1.807) is 0 Å². The number of rotatable bonds is 4. The minimum Gasteiger partial charge on any atom is -0.398 e. The molecule has 1 aromatic rings. The van der Waals surface area contributed by atoms with Crippen molar-refractivity contribution in [1.82, 2.24) is 9.21 Å². The zero-order valence-corrected chi connectivity index (χ0v) is 13.2. The monoisotopic (exact) mass is 315 g/mol. The van der Waals surface area contributed by atoms with Crippen molar-refractivity contribution in [2.45, 2.75) is 18.7 Å². The summed E-state index contributed by atoms with van der Waals surface area (Å²) in [5.41, 5.74) is 5.61. The lowest BCUT2D eigenvalue weighted by atomic mass is 10.2. The van der Waals surface area contributed by atoms with Crippen LogP contribution in [0, 0.1) is 11.7 Å². The highest BCUT2D eigenvalue weighted by atomic mass is 32.2. The third-order valence-corrected chi connectivity index (χ3v) is 5.54. The SMILES string of the molecule is CC(C)CN1CCN(S(=O)(=O)c2c(N)cccc2F)CC1. The van der Waals surface area contributed by atoms with Crippen LogP contribution in [0.3, 0.4) is 0 Å². The molecule has 0 unspecified atom stereocenters. The van der Waals surface area contributed by atoms with Crippen LogP contribution in [0.5, 0.6) is 0 Å². The Kier molecular flexibility index (Phi) is 4.85. The molecular weight excluding hydrogens is 293 g/mol. The van der Waals surface area contributed by atoms with Crippen LogP contribution in [-0.2, 0) is 10.0 Å². The van der Waals surface area contributed by atoms with Gasteiger partial charge >= 0.3 is 0 Å². The van der Waals surface area contributed by atoms with Crippen molar-refractivity contribution in [2.24, 2.45) is 5.92 Å². The summed E-state index contributed by atoms with van der Waals surface area (Å²) in [7, 11) is -3.87. The zero-order chi connectivity index (χ0) is 15.6. The Morgan fingerprint density at radius 3 is 2.38 bits per heavy atom. The smallest absolute Gasteiger partial charge is 0.248 e. The molecule has 1 fully saturated rings. The Labute approximate surface area is 125 Å². The maximum absolute atomic E-state index is 13.9. The molecule has 0 saturated carbocycles. The number of hydrogen-bond donors (Lipinski definition) is 1. The molecule has 2 rings (SSSR count). The maximum atomic E-state index is 13.9. The number of sulfonamides is 1. The molecule has 0 bridgehead atoms. The molecule has 7 heteroatoms. The first-order valence-corrected chi connectivity index (χ1v) is 8.53. The number of nitrogen functional groups attached to an aromatic ring is 1. The van der Waals surface area contributed by atoms with E-state index in [9.17, 15) is 12.8 Å².